The molecule has 3 nitrogen and oxygen atoms in total. The van der Waals surface area contributed by atoms with Crippen molar-refractivity contribution in [2.24, 2.45) is 0 Å². The van der Waals surface area contributed by atoms with Gasteiger partial charge in [-0.15, -0.1) is 21.5 Å². The fourth-order valence-corrected chi connectivity index (χ4v) is 4.05. The molecule has 2 aromatic heterocycles. The molecule has 0 amide bonds. The third kappa shape index (κ3) is 4.56. The number of rotatable bonds is 6. The molecule has 0 fully saturated rings. The Morgan fingerprint density at radius 2 is 2.24 bits per heavy atom. The number of thioether (sulfide) groups is 1. The minimum atomic E-state index is 0.848. The number of aryl methyl sites for hydroxylation is 1. The first kappa shape index (κ1) is 13.3. The molecule has 0 spiro atoms. The highest BCUT2D eigenvalue weighted by molar-refractivity contribution is 8.01. The largest absolute Gasteiger partial charge is 0.311 e. The summed E-state index contributed by atoms with van der Waals surface area (Å²) in [4.78, 5) is 1.27. The zero-order valence-corrected chi connectivity index (χ0v) is 12.5. The van der Waals surface area contributed by atoms with Gasteiger partial charge in [-0.3, -0.25) is 0 Å². The number of nitrogens with zero attached hydrogens (tertiary/aromatic N) is 2. The van der Waals surface area contributed by atoms with Gasteiger partial charge in [0, 0.05) is 23.7 Å². The van der Waals surface area contributed by atoms with Gasteiger partial charge in [0.05, 0.1) is 4.34 Å². The molecule has 0 bridgehead atoms. The molecular weight excluding hydrogens is 294 g/mol. The predicted octanol–water partition coefficient (Wildman–Crippen LogP) is 3.44. The van der Waals surface area contributed by atoms with E-state index in [1.54, 1.807) is 34.4 Å². The quantitative estimate of drug-likeness (QED) is 0.655. The van der Waals surface area contributed by atoms with E-state index in [9.17, 15) is 0 Å². The van der Waals surface area contributed by atoms with E-state index in [1.165, 1.54) is 4.88 Å². The molecule has 0 aromatic carbocycles. The molecule has 2 heterocycles. The van der Waals surface area contributed by atoms with Crippen LogP contribution >= 0.6 is 46.0 Å². The van der Waals surface area contributed by atoms with Crippen LogP contribution in [0.3, 0.4) is 0 Å². The van der Waals surface area contributed by atoms with E-state index in [1.807, 2.05) is 13.0 Å². The third-order valence-electron chi connectivity index (χ3n) is 1.94. The summed E-state index contributed by atoms with van der Waals surface area (Å²) in [7, 11) is 0. The highest BCUT2D eigenvalue weighted by Gasteiger charge is 2.01. The van der Waals surface area contributed by atoms with Crippen LogP contribution in [-0.4, -0.2) is 22.5 Å². The molecule has 7 heteroatoms. The Balaban J connectivity index is 1.60. The topological polar surface area (TPSA) is 37.8 Å². The molecule has 0 aliphatic rings. The van der Waals surface area contributed by atoms with Gasteiger partial charge in [-0.05, 0) is 19.1 Å². The maximum absolute atomic E-state index is 5.86. The first-order valence-corrected chi connectivity index (χ1v) is 8.11. The molecule has 0 unspecified atom stereocenters. The van der Waals surface area contributed by atoms with Crippen molar-refractivity contribution in [2.45, 2.75) is 17.8 Å². The summed E-state index contributed by atoms with van der Waals surface area (Å²) in [6.45, 7) is 3.81. The van der Waals surface area contributed by atoms with E-state index in [0.717, 1.165) is 32.5 Å². The minimum Gasteiger partial charge on any atom is -0.311 e. The number of nitrogens with one attached hydrogen (secondary N) is 1. The molecule has 0 atom stereocenters. The number of hydrogen-bond acceptors (Lipinski definition) is 6. The lowest BCUT2D eigenvalue weighted by atomic mass is 10.4. The van der Waals surface area contributed by atoms with Crippen LogP contribution in [0.4, 0.5) is 0 Å². The average molecular weight is 306 g/mol. The summed E-state index contributed by atoms with van der Waals surface area (Å²) in [5.74, 6) is 1.01. The molecule has 0 aliphatic carbocycles. The van der Waals surface area contributed by atoms with Gasteiger partial charge in [-0.25, -0.2) is 0 Å². The molecule has 0 saturated heterocycles. The molecular formula is C10H12ClN3S3. The Kier molecular flexibility index (Phi) is 5.24. The van der Waals surface area contributed by atoms with Crippen molar-refractivity contribution >= 4 is 46.0 Å². The second-order valence-corrected chi connectivity index (χ2v) is 7.64. The van der Waals surface area contributed by atoms with Crippen LogP contribution in [-0.2, 0) is 6.54 Å². The normalized spacial score (nSPS) is 10.9. The highest BCUT2D eigenvalue weighted by atomic mass is 35.5. The fourth-order valence-electron chi connectivity index (χ4n) is 1.21. The van der Waals surface area contributed by atoms with Gasteiger partial charge in [-0.1, -0.05) is 34.7 Å². The Bertz CT molecular complexity index is 427. The van der Waals surface area contributed by atoms with Crippen molar-refractivity contribution in [1.29, 1.82) is 0 Å². The second-order valence-electron chi connectivity index (χ2n) is 3.32. The summed E-state index contributed by atoms with van der Waals surface area (Å²) in [5, 5.41) is 12.4. The van der Waals surface area contributed by atoms with Crippen molar-refractivity contribution in [3.05, 3.63) is 26.4 Å². The molecule has 0 saturated carbocycles. The Labute approximate surface area is 118 Å². The van der Waals surface area contributed by atoms with Crippen molar-refractivity contribution in [2.75, 3.05) is 12.3 Å². The lowest BCUT2D eigenvalue weighted by Crippen LogP contribution is -2.15. The van der Waals surface area contributed by atoms with Crippen LogP contribution in [0.15, 0.2) is 16.5 Å². The molecule has 92 valence electrons. The number of hydrogen-bond donors (Lipinski definition) is 1. The first-order valence-electron chi connectivity index (χ1n) is 5.12. The van der Waals surface area contributed by atoms with Crippen LogP contribution in [0.2, 0.25) is 4.34 Å². The number of thiophene rings is 1. The Morgan fingerprint density at radius 3 is 2.88 bits per heavy atom. The van der Waals surface area contributed by atoms with Crippen molar-refractivity contribution < 1.29 is 0 Å². The molecule has 1 N–H and O–H groups in total. The summed E-state index contributed by atoms with van der Waals surface area (Å²) < 4.78 is 1.89. The zero-order chi connectivity index (χ0) is 12.1. The fraction of sp³-hybridized carbons (Fsp3) is 0.400. The van der Waals surface area contributed by atoms with Gasteiger partial charge < -0.3 is 5.32 Å². The van der Waals surface area contributed by atoms with Gasteiger partial charge in [0.2, 0.25) is 0 Å². The minimum absolute atomic E-state index is 0.848. The van der Waals surface area contributed by atoms with Crippen LogP contribution in [0.5, 0.6) is 0 Å². The smallest absolute Gasteiger partial charge is 0.174 e. The summed E-state index contributed by atoms with van der Waals surface area (Å²) in [5.41, 5.74) is 0. The molecule has 0 aliphatic heterocycles. The Hall–Kier alpha value is -0.140. The monoisotopic (exact) mass is 305 g/mol. The van der Waals surface area contributed by atoms with Crippen LogP contribution < -0.4 is 5.32 Å². The second kappa shape index (κ2) is 6.70. The van der Waals surface area contributed by atoms with Crippen LogP contribution in [0.25, 0.3) is 0 Å². The highest BCUT2D eigenvalue weighted by Crippen LogP contribution is 2.22. The number of aromatic nitrogens is 2. The van der Waals surface area contributed by atoms with Gasteiger partial charge in [-0.2, -0.15) is 0 Å². The standard InChI is InChI=1S/C10H12ClN3S3/c1-7-13-14-10(16-7)15-5-4-12-6-8-2-3-9(11)17-8/h2-3,12H,4-6H2,1H3. The summed E-state index contributed by atoms with van der Waals surface area (Å²) >= 11 is 10.9. The van der Waals surface area contributed by atoms with Crippen molar-refractivity contribution in [3.63, 3.8) is 0 Å². The molecule has 0 radical (unpaired) electrons. The van der Waals surface area contributed by atoms with Gasteiger partial charge in [0.15, 0.2) is 4.34 Å². The average Bonchev–Trinajstić information content (AvgIpc) is 2.88. The molecule has 17 heavy (non-hydrogen) atoms. The first-order chi connectivity index (χ1) is 8.24. The van der Waals surface area contributed by atoms with E-state index in [4.69, 9.17) is 11.6 Å². The lowest BCUT2D eigenvalue weighted by molar-refractivity contribution is 0.741. The van der Waals surface area contributed by atoms with Crippen LogP contribution in [0, 0.1) is 6.92 Å². The van der Waals surface area contributed by atoms with E-state index in [0.29, 0.717) is 0 Å². The Morgan fingerprint density at radius 1 is 1.35 bits per heavy atom. The SMILES string of the molecule is Cc1nnc(SCCNCc2ccc(Cl)s2)s1. The van der Waals surface area contributed by atoms with Crippen molar-refractivity contribution in [1.82, 2.24) is 15.5 Å². The van der Waals surface area contributed by atoms with E-state index in [2.05, 4.69) is 21.6 Å². The zero-order valence-electron chi connectivity index (χ0n) is 9.27. The van der Waals surface area contributed by atoms with E-state index < -0.39 is 0 Å². The van der Waals surface area contributed by atoms with Crippen molar-refractivity contribution in [3.8, 4) is 0 Å². The maximum atomic E-state index is 5.86. The molecule has 2 aromatic rings. The van der Waals surface area contributed by atoms with Crippen LogP contribution in [0.1, 0.15) is 9.88 Å². The van der Waals surface area contributed by atoms with Gasteiger partial charge >= 0.3 is 0 Å². The third-order valence-corrected chi connectivity index (χ3v) is 5.14. The van der Waals surface area contributed by atoms with Gasteiger partial charge in [0.1, 0.15) is 5.01 Å². The number of halogens is 1. The van der Waals surface area contributed by atoms with E-state index in [-0.39, 0.29) is 0 Å². The summed E-state index contributed by atoms with van der Waals surface area (Å²) in [6.07, 6.45) is 0. The maximum Gasteiger partial charge on any atom is 0.174 e. The summed E-state index contributed by atoms with van der Waals surface area (Å²) in [6, 6.07) is 3.99. The van der Waals surface area contributed by atoms with Gasteiger partial charge in [0.25, 0.3) is 0 Å². The lowest BCUT2D eigenvalue weighted by Gasteiger charge is -2.00. The molecule has 2 rings (SSSR count). The van der Waals surface area contributed by atoms with E-state index >= 15 is 0 Å². The predicted molar refractivity (Wildman–Crippen MR) is 76.4 cm³/mol.